The van der Waals surface area contributed by atoms with Gasteiger partial charge in [-0.2, -0.15) is 9.40 Å². The lowest BCUT2D eigenvalue weighted by Crippen LogP contribution is -2.42. The molecule has 0 spiro atoms. The number of nitrogens with zero attached hydrogens (tertiary/aromatic N) is 4. The van der Waals surface area contributed by atoms with E-state index in [-0.39, 0.29) is 17.5 Å². The van der Waals surface area contributed by atoms with Crippen molar-refractivity contribution in [3.8, 4) is 11.5 Å². The number of carbonyl (C=O) groups excluding carboxylic acids is 1. The highest BCUT2D eigenvalue weighted by atomic mass is 32.2. The largest absolute Gasteiger partial charge is 0.493 e. The zero-order chi connectivity index (χ0) is 21.7. The molecule has 11 heteroatoms. The van der Waals surface area contributed by atoms with Crippen molar-refractivity contribution in [3.05, 3.63) is 36.2 Å². The van der Waals surface area contributed by atoms with Gasteiger partial charge < -0.3 is 19.7 Å². The molecule has 1 aliphatic rings. The molecular formula is C19H27N5O5S. The second-order valence-corrected chi connectivity index (χ2v) is 8.88. The van der Waals surface area contributed by atoms with Gasteiger partial charge in [0.05, 0.1) is 20.4 Å². The fourth-order valence-corrected chi connectivity index (χ4v) is 4.75. The van der Waals surface area contributed by atoms with Crippen LogP contribution < -0.4 is 14.8 Å². The predicted molar refractivity (Wildman–Crippen MR) is 110 cm³/mol. The van der Waals surface area contributed by atoms with E-state index in [4.69, 9.17) is 9.47 Å². The van der Waals surface area contributed by atoms with Crippen molar-refractivity contribution in [3.63, 3.8) is 0 Å². The van der Waals surface area contributed by atoms with Gasteiger partial charge in [-0.3, -0.25) is 4.68 Å². The van der Waals surface area contributed by atoms with E-state index >= 15 is 0 Å². The molecule has 164 valence electrons. The molecule has 1 aromatic carbocycles. The minimum Gasteiger partial charge on any atom is -0.493 e. The number of hydrogen-bond acceptors (Lipinski definition) is 6. The number of nitrogens with one attached hydrogen (secondary N) is 1. The maximum Gasteiger partial charge on any atom is 0.317 e. The third-order valence-electron chi connectivity index (χ3n) is 4.95. The van der Waals surface area contributed by atoms with Crippen LogP contribution in [0.5, 0.6) is 11.5 Å². The molecule has 0 unspecified atom stereocenters. The number of carbonyl (C=O) groups is 1. The third kappa shape index (κ3) is 4.85. The summed E-state index contributed by atoms with van der Waals surface area (Å²) >= 11 is 0. The van der Waals surface area contributed by atoms with E-state index in [0.29, 0.717) is 44.1 Å². The third-order valence-corrected chi connectivity index (χ3v) is 6.80. The van der Waals surface area contributed by atoms with Gasteiger partial charge in [0.1, 0.15) is 4.90 Å². The number of ether oxygens (including phenoxy) is 2. The summed E-state index contributed by atoms with van der Waals surface area (Å²) in [7, 11) is 1.18. The first kappa shape index (κ1) is 21.9. The zero-order valence-corrected chi connectivity index (χ0v) is 18.2. The lowest BCUT2D eigenvalue weighted by molar-refractivity contribution is 0.200. The highest BCUT2D eigenvalue weighted by Gasteiger charge is 2.29. The highest BCUT2D eigenvalue weighted by molar-refractivity contribution is 7.89. The van der Waals surface area contributed by atoms with Gasteiger partial charge in [-0.15, -0.1) is 0 Å². The molecule has 2 aromatic rings. The summed E-state index contributed by atoms with van der Waals surface area (Å²) in [6.45, 7) is 1.72. The zero-order valence-electron chi connectivity index (χ0n) is 17.4. The summed E-state index contributed by atoms with van der Waals surface area (Å²) < 4.78 is 38.9. The number of aromatic nitrogens is 2. The fraction of sp³-hybridized carbons (Fsp3) is 0.474. The van der Waals surface area contributed by atoms with Gasteiger partial charge in [-0.25, -0.2) is 13.2 Å². The monoisotopic (exact) mass is 437 g/mol. The minimum absolute atomic E-state index is 0.163. The maximum absolute atomic E-state index is 12.8. The average Bonchev–Trinajstić information content (AvgIpc) is 3.03. The molecule has 1 aromatic heterocycles. The van der Waals surface area contributed by atoms with Crippen molar-refractivity contribution in [2.75, 3.05) is 40.4 Å². The van der Waals surface area contributed by atoms with Gasteiger partial charge in [0.25, 0.3) is 0 Å². The van der Waals surface area contributed by atoms with E-state index in [2.05, 4.69) is 10.4 Å². The van der Waals surface area contributed by atoms with Crippen LogP contribution in [0.15, 0.2) is 35.5 Å². The average molecular weight is 438 g/mol. The summed E-state index contributed by atoms with van der Waals surface area (Å²) in [6, 6.07) is 5.22. The van der Waals surface area contributed by atoms with Crippen molar-refractivity contribution in [1.82, 2.24) is 24.3 Å². The summed E-state index contributed by atoms with van der Waals surface area (Å²) in [4.78, 5) is 14.4. The first-order valence-corrected chi connectivity index (χ1v) is 11.0. The summed E-state index contributed by atoms with van der Waals surface area (Å²) in [5, 5.41) is 6.82. The smallest absolute Gasteiger partial charge is 0.317 e. The first-order chi connectivity index (χ1) is 14.3. The van der Waals surface area contributed by atoms with Crippen LogP contribution in [-0.4, -0.2) is 73.8 Å². The Kier molecular flexibility index (Phi) is 6.83. The Morgan fingerprint density at radius 2 is 1.90 bits per heavy atom. The van der Waals surface area contributed by atoms with E-state index < -0.39 is 10.0 Å². The van der Waals surface area contributed by atoms with E-state index in [1.54, 1.807) is 32.2 Å². The number of amides is 2. The van der Waals surface area contributed by atoms with Crippen molar-refractivity contribution >= 4 is 16.1 Å². The van der Waals surface area contributed by atoms with Crippen molar-refractivity contribution < 1.29 is 22.7 Å². The Hall–Kier alpha value is -2.79. The number of urea groups is 1. The molecular weight excluding hydrogens is 410 g/mol. The minimum atomic E-state index is -3.62. The van der Waals surface area contributed by atoms with Crippen LogP contribution in [0.3, 0.4) is 0 Å². The Bertz CT molecular complexity index is 991. The molecule has 1 N–H and O–H groups in total. The SMILES string of the molecule is COc1ccc(CNC(=O)N2CCCN(S(=O)(=O)c3cnn(C)c3)CC2)cc1OC. The quantitative estimate of drug-likeness (QED) is 0.724. The van der Waals surface area contributed by atoms with Crippen LogP contribution in [0.25, 0.3) is 0 Å². The molecule has 0 atom stereocenters. The molecule has 1 aliphatic heterocycles. The molecule has 0 bridgehead atoms. The second-order valence-electron chi connectivity index (χ2n) is 6.94. The second kappa shape index (κ2) is 9.35. The van der Waals surface area contributed by atoms with Crippen LogP contribution in [0.4, 0.5) is 4.79 Å². The van der Waals surface area contributed by atoms with E-state index in [1.807, 2.05) is 12.1 Å². The summed E-state index contributed by atoms with van der Waals surface area (Å²) in [6.07, 6.45) is 3.38. The van der Waals surface area contributed by atoms with Gasteiger partial charge in [0, 0.05) is 46.0 Å². The molecule has 1 fully saturated rings. The van der Waals surface area contributed by atoms with Crippen LogP contribution >= 0.6 is 0 Å². The van der Waals surface area contributed by atoms with Crippen LogP contribution in [0.1, 0.15) is 12.0 Å². The fourth-order valence-electron chi connectivity index (χ4n) is 3.30. The molecule has 10 nitrogen and oxygen atoms in total. The number of rotatable bonds is 6. The van der Waals surface area contributed by atoms with Gasteiger partial charge >= 0.3 is 6.03 Å². The van der Waals surface area contributed by atoms with Gasteiger partial charge in [-0.05, 0) is 24.1 Å². The number of hydrogen-bond donors (Lipinski definition) is 1. The molecule has 2 heterocycles. The maximum atomic E-state index is 12.8. The van der Waals surface area contributed by atoms with Gasteiger partial charge in [-0.1, -0.05) is 6.07 Å². The molecule has 0 radical (unpaired) electrons. The Morgan fingerprint density at radius 1 is 1.13 bits per heavy atom. The molecule has 1 saturated heterocycles. The standard InChI is InChI=1S/C19H27N5O5S/c1-22-14-16(13-21-22)30(26,27)24-8-4-7-23(9-10-24)19(25)20-12-15-5-6-17(28-2)18(11-15)29-3/h5-6,11,13-14H,4,7-10,12H2,1-3H3,(H,20,25). The number of sulfonamides is 1. The summed E-state index contributed by atoms with van der Waals surface area (Å²) in [5.41, 5.74) is 0.872. The highest BCUT2D eigenvalue weighted by Crippen LogP contribution is 2.27. The number of aryl methyl sites for hydroxylation is 1. The molecule has 0 aliphatic carbocycles. The van der Waals surface area contributed by atoms with Crippen LogP contribution in [-0.2, 0) is 23.6 Å². The Morgan fingerprint density at radius 3 is 2.57 bits per heavy atom. The van der Waals surface area contributed by atoms with Crippen LogP contribution in [0, 0.1) is 0 Å². The van der Waals surface area contributed by atoms with E-state index in [9.17, 15) is 13.2 Å². The molecule has 2 amide bonds. The Balaban J connectivity index is 1.58. The molecule has 3 rings (SSSR count). The predicted octanol–water partition coefficient (Wildman–Crippen LogP) is 1.04. The van der Waals surface area contributed by atoms with E-state index in [1.165, 1.54) is 21.4 Å². The summed E-state index contributed by atoms with van der Waals surface area (Å²) in [5.74, 6) is 1.21. The lowest BCUT2D eigenvalue weighted by Gasteiger charge is -2.22. The van der Waals surface area contributed by atoms with E-state index in [0.717, 1.165) is 5.56 Å². The van der Waals surface area contributed by atoms with Crippen molar-refractivity contribution in [2.24, 2.45) is 7.05 Å². The number of methoxy groups -OCH3 is 2. The lowest BCUT2D eigenvalue weighted by atomic mass is 10.2. The van der Waals surface area contributed by atoms with Crippen molar-refractivity contribution in [2.45, 2.75) is 17.9 Å². The van der Waals surface area contributed by atoms with Crippen molar-refractivity contribution in [1.29, 1.82) is 0 Å². The number of benzene rings is 1. The Labute approximate surface area is 176 Å². The van der Waals surface area contributed by atoms with Gasteiger partial charge in [0.2, 0.25) is 10.0 Å². The van der Waals surface area contributed by atoms with Gasteiger partial charge in [0.15, 0.2) is 11.5 Å². The first-order valence-electron chi connectivity index (χ1n) is 9.57. The normalized spacial score (nSPS) is 15.5. The molecule has 30 heavy (non-hydrogen) atoms. The topological polar surface area (TPSA) is 106 Å². The molecule has 0 saturated carbocycles. The van der Waals surface area contributed by atoms with Crippen LogP contribution in [0.2, 0.25) is 0 Å².